The highest BCUT2D eigenvalue weighted by Crippen LogP contribution is 2.01. The zero-order chi connectivity index (χ0) is 7.44. The minimum Gasteiger partial charge on any atom is -0.480 e. The van der Waals surface area contributed by atoms with E-state index in [2.05, 4.69) is 0 Å². The van der Waals surface area contributed by atoms with Gasteiger partial charge in [-0.05, 0) is 0 Å². The van der Waals surface area contributed by atoms with Gasteiger partial charge in [0, 0.05) is 6.42 Å². The molecule has 0 amide bonds. The van der Waals surface area contributed by atoms with E-state index in [-0.39, 0.29) is 12.4 Å². The van der Waals surface area contributed by atoms with Gasteiger partial charge in [0.05, 0.1) is 0 Å². The smallest absolute Gasteiger partial charge is 0.320 e. The second-order valence-electron chi connectivity index (χ2n) is 1.57. The fraction of sp³-hybridized carbons (Fsp3) is 0.750. The molecule has 0 radical (unpaired) electrons. The molecule has 1 atom stereocenters. The number of hydrogen-bond donors (Lipinski definition) is 2. The number of nitrogens with two attached hydrogens (primary N) is 1. The summed E-state index contributed by atoms with van der Waals surface area (Å²) in [5.41, 5.74) is 4.74. The van der Waals surface area contributed by atoms with E-state index in [4.69, 9.17) is 10.8 Å². The van der Waals surface area contributed by atoms with Gasteiger partial charge in [-0.15, -0.1) is 12.4 Å². The molecule has 0 spiro atoms. The summed E-state index contributed by atoms with van der Waals surface area (Å²) in [6.45, 7) is 0. The van der Waals surface area contributed by atoms with Gasteiger partial charge in [-0.1, -0.05) is 0 Å². The Morgan fingerprint density at radius 3 is 2.10 bits per heavy atom. The molecule has 0 rings (SSSR count). The lowest BCUT2D eigenvalue weighted by Crippen LogP contribution is -2.31. The molecule has 3 nitrogen and oxygen atoms in total. The first-order valence-electron chi connectivity index (χ1n) is 2.30. The van der Waals surface area contributed by atoms with Crippen LogP contribution in [0.25, 0.3) is 0 Å². The maximum Gasteiger partial charge on any atom is 0.320 e. The van der Waals surface area contributed by atoms with Gasteiger partial charge in [0.15, 0.2) is 0 Å². The number of alkyl halides is 2. The lowest BCUT2D eigenvalue weighted by atomic mass is 10.2. The Bertz CT molecular complexity index is 111. The molecule has 0 aliphatic rings. The Morgan fingerprint density at radius 2 is 2.00 bits per heavy atom. The predicted octanol–water partition coefficient (Wildman–Crippen LogP) is 0.475. The van der Waals surface area contributed by atoms with Gasteiger partial charge in [0.2, 0.25) is 6.43 Å². The second-order valence-corrected chi connectivity index (χ2v) is 1.57. The van der Waals surface area contributed by atoms with Gasteiger partial charge in [-0.25, -0.2) is 8.78 Å². The van der Waals surface area contributed by atoms with Crippen LogP contribution in [0.1, 0.15) is 6.42 Å². The SMILES string of the molecule is Cl.NC(CC(F)F)C(=O)O. The first-order valence-corrected chi connectivity index (χ1v) is 2.30. The summed E-state index contributed by atoms with van der Waals surface area (Å²) in [5, 5.41) is 7.97. The van der Waals surface area contributed by atoms with Crippen molar-refractivity contribution in [2.45, 2.75) is 18.9 Å². The summed E-state index contributed by atoms with van der Waals surface area (Å²) in [7, 11) is 0. The first-order chi connectivity index (χ1) is 4.04. The molecular formula is C4H8ClF2NO2. The molecule has 0 fully saturated rings. The van der Waals surface area contributed by atoms with Crippen LogP contribution in [0.4, 0.5) is 8.78 Å². The van der Waals surface area contributed by atoms with E-state index in [0.29, 0.717) is 0 Å². The van der Waals surface area contributed by atoms with Gasteiger partial charge in [0.25, 0.3) is 0 Å². The van der Waals surface area contributed by atoms with Gasteiger partial charge < -0.3 is 10.8 Å². The van der Waals surface area contributed by atoms with E-state index in [0.717, 1.165) is 0 Å². The summed E-state index contributed by atoms with van der Waals surface area (Å²) in [6, 6.07) is -1.44. The van der Waals surface area contributed by atoms with Crippen LogP contribution in [-0.2, 0) is 4.79 Å². The minimum atomic E-state index is -2.64. The molecule has 3 N–H and O–H groups in total. The van der Waals surface area contributed by atoms with E-state index in [9.17, 15) is 13.6 Å². The highest BCUT2D eigenvalue weighted by molar-refractivity contribution is 5.85. The van der Waals surface area contributed by atoms with Crippen molar-refractivity contribution < 1.29 is 18.7 Å². The topological polar surface area (TPSA) is 63.3 Å². The molecule has 62 valence electrons. The van der Waals surface area contributed by atoms with Gasteiger partial charge in [0.1, 0.15) is 6.04 Å². The molecule has 6 heteroatoms. The molecule has 0 saturated heterocycles. The monoisotopic (exact) mass is 175 g/mol. The number of rotatable bonds is 3. The Morgan fingerprint density at radius 1 is 1.60 bits per heavy atom. The number of carboxylic acid groups (broad SMARTS) is 1. The Hall–Kier alpha value is -0.420. The molecule has 0 aliphatic heterocycles. The highest BCUT2D eigenvalue weighted by atomic mass is 35.5. The number of aliphatic carboxylic acids is 1. The zero-order valence-corrected chi connectivity index (χ0v) is 5.78. The average Bonchev–Trinajstić information content (AvgIpc) is 1.63. The molecule has 1 unspecified atom stereocenters. The Balaban J connectivity index is 0. The van der Waals surface area contributed by atoms with Crippen molar-refractivity contribution in [2.75, 3.05) is 0 Å². The van der Waals surface area contributed by atoms with Crippen molar-refractivity contribution >= 4 is 18.4 Å². The molecule has 0 saturated carbocycles. The summed E-state index contributed by atoms with van der Waals surface area (Å²) in [4.78, 5) is 9.78. The van der Waals surface area contributed by atoms with Crippen LogP contribution in [0.3, 0.4) is 0 Å². The van der Waals surface area contributed by atoms with E-state index < -0.39 is 24.9 Å². The van der Waals surface area contributed by atoms with Gasteiger partial charge in [-0.3, -0.25) is 4.79 Å². The van der Waals surface area contributed by atoms with Crippen LogP contribution in [0.15, 0.2) is 0 Å². The van der Waals surface area contributed by atoms with E-state index >= 15 is 0 Å². The molecule has 10 heavy (non-hydrogen) atoms. The molecule has 0 aromatic heterocycles. The van der Waals surface area contributed by atoms with Crippen molar-refractivity contribution in [3.63, 3.8) is 0 Å². The maximum atomic E-state index is 11.3. The first kappa shape index (κ1) is 12.3. The van der Waals surface area contributed by atoms with Crippen molar-refractivity contribution in [2.24, 2.45) is 5.73 Å². The van der Waals surface area contributed by atoms with Crippen LogP contribution in [0, 0.1) is 0 Å². The molecule has 0 aliphatic carbocycles. The number of hydrogen-bond acceptors (Lipinski definition) is 2. The Labute approximate surface area is 62.6 Å². The van der Waals surface area contributed by atoms with Crippen molar-refractivity contribution in [1.29, 1.82) is 0 Å². The maximum absolute atomic E-state index is 11.3. The molecule has 0 aromatic rings. The lowest BCUT2D eigenvalue weighted by molar-refractivity contribution is -0.139. The molecule has 0 aromatic carbocycles. The number of carbonyl (C=O) groups is 1. The minimum absolute atomic E-state index is 0. The fourth-order valence-corrected chi connectivity index (χ4v) is 0.293. The van der Waals surface area contributed by atoms with Crippen molar-refractivity contribution in [3.05, 3.63) is 0 Å². The van der Waals surface area contributed by atoms with Crippen molar-refractivity contribution in [1.82, 2.24) is 0 Å². The van der Waals surface area contributed by atoms with E-state index in [1.54, 1.807) is 0 Å². The van der Waals surface area contributed by atoms with Gasteiger partial charge in [-0.2, -0.15) is 0 Å². The number of halogens is 3. The third-order valence-electron chi connectivity index (χ3n) is 0.749. The standard InChI is InChI=1S/C4H7F2NO2.ClH/c5-3(6)1-2(7)4(8)9;/h2-3H,1,7H2,(H,8,9);1H. The van der Waals surface area contributed by atoms with Crippen LogP contribution in [-0.4, -0.2) is 23.5 Å². The third kappa shape index (κ3) is 5.71. The van der Waals surface area contributed by atoms with Crippen LogP contribution >= 0.6 is 12.4 Å². The predicted molar refractivity (Wildman–Crippen MR) is 33.5 cm³/mol. The van der Waals surface area contributed by atoms with Crippen LogP contribution in [0.2, 0.25) is 0 Å². The van der Waals surface area contributed by atoms with Crippen LogP contribution in [0.5, 0.6) is 0 Å². The lowest BCUT2D eigenvalue weighted by Gasteiger charge is -2.02. The summed E-state index contributed by atoms with van der Waals surface area (Å²) >= 11 is 0. The molecule has 0 heterocycles. The second kappa shape index (κ2) is 5.37. The quantitative estimate of drug-likeness (QED) is 0.656. The normalized spacial score (nSPS) is 12.4. The third-order valence-corrected chi connectivity index (χ3v) is 0.749. The average molecular weight is 176 g/mol. The zero-order valence-electron chi connectivity index (χ0n) is 4.96. The summed E-state index contributed by atoms with van der Waals surface area (Å²) in [6.07, 6.45) is -3.42. The Kier molecular flexibility index (Phi) is 6.59. The summed E-state index contributed by atoms with van der Waals surface area (Å²) < 4.78 is 22.6. The molecular weight excluding hydrogens is 167 g/mol. The fourth-order valence-electron chi connectivity index (χ4n) is 0.293. The largest absolute Gasteiger partial charge is 0.480 e. The van der Waals surface area contributed by atoms with E-state index in [1.807, 2.05) is 0 Å². The van der Waals surface area contributed by atoms with Crippen molar-refractivity contribution in [3.8, 4) is 0 Å². The van der Waals surface area contributed by atoms with E-state index in [1.165, 1.54) is 0 Å². The molecule has 0 bridgehead atoms. The number of carboxylic acids is 1. The van der Waals surface area contributed by atoms with Gasteiger partial charge >= 0.3 is 5.97 Å². The van der Waals surface area contributed by atoms with Crippen LogP contribution < -0.4 is 5.73 Å². The summed E-state index contributed by atoms with van der Waals surface area (Å²) in [5.74, 6) is -1.39. The highest BCUT2D eigenvalue weighted by Gasteiger charge is 2.16.